The normalized spacial score (nSPS) is 10.5. The summed E-state index contributed by atoms with van der Waals surface area (Å²) in [5, 5.41) is 12.0. The lowest BCUT2D eigenvalue weighted by molar-refractivity contribution is 0.0660. The third kappa shape index (κ3) is 3.40. The molecule has 5 nitrogen and oxygen atoms in total. The molecule has 0 fully saturated rings. The van der Waals surface area contributed by atoms with Crippen molar-refractivity contribution in [2.45, 2.75) is 13.2 Å². The first-order valence-electron chi connectivity index (χ1n) is 5.94. The summed E-state index contributed by atoms with van der Waals surface area (Å²) in [6, 6.07) is 8.87. The van der Waals surface area contributed by atoms with Crippen molar-refractivity contribution in [1.29, 1.82) is 0 Å². The van der Waals surface area contributed by atoms with Gasteiger partial charge in [-0.25, -0.2) is 4.79 Å². The molecule has 20 heavy (non-hydrogen) atoms. The minimum absolute atomic E-state index is 0.0619. The van der Waals surface area contributed by atoms with Crippen LogP contribution in [-0.4, -0.2) is 18.2 Å². The van der Waals surface area contributed by atoms with Gasteiger partial charge in [0.05, 0.1) is 13.2 Å². The molecule has 0 bridgehead atoms. The Morgan fingerprint density at radius 1 is 1.40 bits per heavy atom. The number of anilines is 1. The maximum Gasteiger partial charge on any atom is 0.371 e. The molecule has 0 aliphatic rings. The van der Waals surface area contributed by atoms with Gasteiger partial charge in [0.2, 0.25) is 5.76 Å². The van der Waals surface area contributed by atoms with E-state index in [1.165, 1.54) is 6.07 Å². The van der Waals surface area contributed by atoms with Gasteiger partial charge in [-0.1, -0.05) is 22.0 Å². The maximum atomic E-state index is 10.7. The number of rotatable bonds is 6. The van der Waals surface area contributed by atoms with Crippen molar-refractivity contribution < 1.29 is 19.1 Å². The van der Waals surface area contributed by atoms with Crippen LogP contribution >= 0.6 is 15.9 Å². The van der Waals surface area contributed by atoms with E-state index >= 15 is 0 Å². The first kappa shape index (κ1) is 14.6. The molecule has 1 aromatic carbocycles. The lowest BCUT2D eigenvalue weighted by Gasteiger charge is -2.12. The van der Waals surface area contributed by atoms with Crippen LogP contribution in [0.4, 0.5) is 5.69 Å². The van der Waals surface area contributed by atoms with Crippen LogP contribution in [0.2, 0.25) is 0 Å². The largest absolute Gasteiger partial charge is 0.475 e. The van der Waals surface area contributed by atoms with Crippen LogP contribution in [-0.2, 0) is 17.9 Å². The number of hydrogen-bond donors (Lipinski definition) is 2. The van der Waals surface area contributed by atoms with Crippen LogP contribution in [0.5, 0.6) is 0 Å². The summed E-state index contributed by atoms with van der Waals surface area (Å²) in [4.78, 5) is 10.7. The molecule has 0 saturated heterocycles. The number of nitrogens with one attached hydrogen (secondary N) is 1. The number of ether oxygens (including phenoxy) is 1. The summed E-state index contributed by atoms with van der Waals surface area (Å²) in [5.74, 6) is -0.572. The Morgan fingerprint density at radius 3 is 2.85 bits per heavy atom. The van der Waals surface area contributed by atoms with Gasteiger partial charge in [0.1, 0.15) is 5.76 Å². The van der Waals surface area contributed by atoms with Crippen LogP contribution in [0.25, 0.3) is 0 Å². The summed E-state index contributed by atoms with van der Waals surface area (Å²) >= 11 is 3.48. The van der Waals surface area contributed by atoms with Crippen LogP contribution in [0.3, 0.4) is 0 Å². The van der Waals surface area contributed by atoms with Gasteiger partial charge < -0.3 is 19.6 Å². The number of methoxy groups -OCH3 is 1. The number of aromatic carboxylic acids is 1. The second kappa shape index (κ2) is 6.58. The number of halogens is 1. The van der Waals surface area contributed by atoms with Crippen molar-refractivity contribution in [2.24, 2.45) is 0 Å². The lowest BCUT2D eigenvalue weighted by atomic mass is 10.2. The first-order valence-corrected chi connectivity index (χ1v) is 6.73. The number of carboxylic acids is 1. The highest BCUT2D eigenvalue weighted by atomic mass is 79.9. The van der Waals surface area contributed by atoms with Gasteiger partial charge in [-0.3, -0.25) is 0 Å². The highest BCUT2D eigenvalue weighted by Gasteiger charge is 2.10. The number of furan rings is 1. The van der Waals surface area contributed by atoms with E-state index in [-0.39, 0.29) is 5.76 Å². The molecule has 1 heterocycles. The topological polar surface area (TPSA) is 71.7 Å². The van der Waals surface area contributed by atoms with Gasteiger partial charge in [0.25, 0.3) is 0 Å². The van der Waals surface area contributed by atoms with Gasteiger partial charge in [0.15, 0.2) is 0 Å². The van der Waals surface area contributed by atoms with E-state index in [1.807, 2.05) is 18.2 Å². The molecular formula is C14H14BrNO4. The van der Waals surface area contributed by atoms with E-state index < -0.39 is 5.97 Å². The predicted octanol–water partition coefficient (Wildman–Crippen LogP) is 3.50. The smallest absolute Gasteiger partial charge is 0.371 e. The molecule has 1 aromatic heterocycles. The standard InChI is InChI=1S/C14H14BrNO4/c1-19-8-10-11(15)3-2-4-12(10)16-7-9-5-6-13(20-9)14(17)18/h2-6,16H,7-8H2,1H3,(H,17,18). The lowest BCUT2D eigenvalue weighted by Crippen LogP contribution is -2.03. The molecule has 0 aliphatic heterocycles. The molecule has 6 heteroatoms. The minimum atomic E-state index is -1.07. The van der Waals surface area contributed by atoms with Crippen molar-refractivity contribution >= 4 is 27.6 Å². The summed E-state index contributed by atoms with van der Waals surface area (Å²) in [6.07, 6.45) is 0. The van der Waals surface area contributed by atoms with E-state index in [2.05, 4.69) is 21.2 Å². The fourth-order valence-electron chi connectivity index (χ4n) is 1.79. The van der Waals surface area contributed by atoms with E-state index in [0.717, 1.165) is 15.7 Å². The highest BCUT2D eigenvalue weighted by Crippen LogP contribution is 2.26. The molecule has 0 amide bonds. The van der Waals surface area contributed by atoms with Crippen LogP contribution in [0, 0.1) is 0 Å². The fourth-order valence-corrected chi connectivity index (χ4v) is 2.27. The van der Waals surface area contributed by atoms with Crippen molar-refractivity contribution in [3.8, 4) is 0 Å². The first-order chi connectivity index (χ1) is 9.61. The number of carboxylic acid groups (broad SMARTS) is 1. The third-order valence-corrected chi connectivity index (χ3v) is 3.48. The SMILES string of the molecule is COCc1c(Br)cccc1NCc1ccc(C(=O)O)o1. The molecular weight excluding hydrogens is 326 g/mol. The van der Waals surface area contributed by atoms with Gasteiger partial charge in [-0.15, -0.1) is 0 Å². The quantitative estimate of drug-likeness (QED) is 0.842. The van der Waals surface area contributed by atoms with E-state index in [1.54, 1.807) is 13.2 Å². The van der Waals surface area contributed by atoms with Crippen LogP contribution < -0.4 is 5.32 Å². The molecule has 2 N–H and O–H groups in total. The number of carbonyl (C=O) groups is 1. The highest BCUT2D eigenvalue weighted by molar-refractivity contribution is 9.10. The van der Waals surface area contributed by atoms with E-state index in [9.17, 15) is 4.79 Å². The number of hydrogen-bond acceptors (Lipinski definition) is 4. The minimum Gasteiger partial charge on any atom is -0.475 e. The van der Waals surface area contributed by atoms with E-state index in [4.69, 9.17) is 14.3 Å². The molecule has 0 radical (unpaired) electrons. The Hall–Kier alpha value is -1.79. The zero-order chi connectivity index (χ0) is 14.5. The van der Waals surface area contributed by atoms with Gasteiger partial charge in [0, 0.05) is 22.8 Å². The Balaban J connectivity index is 2.10. The molecule has 0 aliphatic carbocycles. The molecule has 2 rings (SSSR count). The Bertz CT molecular complexity index is 609. The van der Waals surface area contributed by atoms with Crippen LogP contribution in [0.15, 0.2) is 39.2 Å². The molecule has 0 spiro atoms. The molecule has 2 aromatic rings. The zero-order valence-corrected chi connectivity index (χ0v) is 12.4. The summed E-state index contributed by atoms with van der Waals surface area (Å²) < 4.78 is 11.3. The molecule has 0 atom stereocenters. The van der Waals surface area contributed by atoms with Gasteiger partial charge in [-0.2, -0.15) is 0 Å². The third-order valence-electron chi connectivity index (χ3n) is 2.73. The Morgan fingerprint density at radius 2 is 2.20 bits per heavy atom. The van der Waals surface area contributed by atoms with Crippen LogP contribution in [0.1, 0.15) is 21.9 Å². The predicted molar refractivity (Wildman–Crippen MR) is 77.8 cm³/mol. The van der Waals surface area contributed by atoms with E-state index in [0.29, 0.717) is 18.9 Å². The van der Waals surface area contributed by atoms with Gasteiger partial charge in [-0.05, 0) is 24.3 Å². The average molecular weight is 340 g/mol. The second-order valence-electron chi connectivity index (χ2n) is 4.12. The number of benzene rings is 1. The Kier molecular flexibility index (Phi) is 4.81. The zero-order valence-electron chi connectivity index (χ0n) is 10.9. The molecule has 0 saturated carbocycles. The molecule has 0 unspecified atom stereocenters. The maximum absolute atomic E-state index is 10.7. The fraction of sp³-hybridized carbons (Fsp3) is 0.214. The molecule has 106 valence electrons. The van der Waals surface area contributed by atoms with Crippen molar-refractivity contribution in [3.05, 3.63) is 51.9 Å². The summed E-state index contributed by atoms with van der Waals surface area (Å²) in [6.45, 7) is 0.878. The summed E-state index contributed by atoms with van der Waals surface area (Å²) in [5.41, 5.74) is 1.91. The van der Waals surface area contributed by atoms with Crippen molar-refractivity contribution in [1.82, 2.24) is 0 Å². The monoisotopic (exact) mass is 339 g/mol. The van der Waals surface area contributed by atoms with Gasteiger partial charge >= 0.3 is 5.97 Å². The average Bonchev–Trinajstić information content (AvgIpc) is 2.89. The summed E-state index contributed by atoms with van der Waals surface area (Å²) in [7, 11) is 1.63. The Labute approximate surface area is 124 Å². The second-order valence-corrected chi connectivity index (χ2v) is 4.98. The van der Waals surface area contributed by atoms with Crippen molar-refractivity contribution in [2.75, 3.05) is 12.4 Å². The van der Waals surface area contributed by atoms with Crippen molar-refractivity contribution in [3.63, 3.8) is 0 Å².